The van der Waals surface area contributed by atoms with Crippen LogP contribution in [0.2, 0.25) is 0 Å². The molecule has 2 heterocycles. The van der Waals surface area contributed by atoms with Crippen LogP contribution in [0.4, 0.5) is 0 Å². The molecule has 0 saturated heterocycles. The predicted octanol–water partition coefficient (Wildman–Crippen LogP) is 1.42. The van der Waals surface area contributed by atoms with Crippen LogP contribution < -0.4 is 0 Å². The van der Waals surface area contributed by atoms with Crippen LogP contribution in [-0.2, 0) is 0 Å². The van der Waals surface area contributed by atoms with Crippen molar-refractivity contribution in [2.24, 2.45) is 0 Å². The maximum absolute atomic E-state index is 4.85. The Kier molecular flexibility index (Phi) is 1.79. The van der Waals surface area contributed by atoms with E-state index < -0.39 is 0 Å². The largest absolute Gasteiger partial charge is 0.334 e. The van der Waals surface area contributed by atoms with Gasteiger partial charge in [0.15, 0.2) is 5.03 Å². The highest BCUT2D eigenvalue weighted by atomic mass is 32.1. The second-order valence-electron chi connectivity index (χ2n) is 2.14. The summed E-state index contributed by atoms with van der Waals surface area (Å²) in [5, 5.41) is 7.41. The van der Waals surface area contributed by atoms with Gasteiger partial charge in [-0.2, -0.15) is 0 Å². The van der Waals surface area contributed by atoms with Gasteiger partial charge in [-0.1, -0.05) is 6.07 Å². The van der Waals surface area contributed by atoms with Crippen LogP contribution in [0.25, 0.3) is 11.5 Å². The van der Waals surface area contributed by atoms with Crippen molar-refractivity contribution in [3.8, 4) is 11.5 Å². The summed E-state index contributed by atoms with van der Waals surface area (Å²) in [7, 11) is 0. The van der Waals surface area contributed by atoms with Crippen molar-refractivity contribution in [1.82, 2.24) is 15.4 Å². The lowest BCUT2D eigenvalue weighted by atomic mass is 10.3. The molecule has 0 aliphatic heterocycles. The van der Waals surface area contributed by atoms with Gasteiger partial charge >= 0.3 is 0 Å². The monoisotopic (exact) mass is 179 g/mol. The summed E-state index contributed by atoms with van der Waals surface area (Å²) in [5.41, 5.74) is 0.688. The second kappa shape index (κ2) is 2.94. The SMILES string of the molecule is Sc1nnoc1-c1ccccn1. The molecule has 12 heavy (non-hydrogen) atoms. The second-order valence-corrected chi connectivity index (χ2v) is 2.56. The van der Waals surface area contributed by atoms with Gasteiger partial charge in [0.2, 0.25) is 5.76 Å². The van der Waals surface area contributed by atoms with E-state index >= 15 is 0 Å². The lowest BCUT2D eigenvalue weighted by Crippen LogP contribution is -1.79. The van der Waals surface area contributed by atoms with E-state index in [-0.39, 0.29) is 0 Å². The van der Waals surface area contributed by atoms with Crippen LogP contribution in [0.5, 0.6) is 0 Å². The first-order valence-corrected chi connectivity index (χ1v) is 3.75. The minimum Gasteiger partial charge on any atom is -0.334 e. The molecule has 4 nitrogen and oxygen atoms in total. The molecule has 0 saturated carbocycles. The third-order valence-corrected chi connectivity index (χ3v) is 1.66. The molecule has 0 amide bonds. The summed E-state index contributed by atoms with van der Waals surface area (Å²) in [6, 6.07) is 5.49. The summed E-state index contributed by atoms with van der Waals surface area (Å²) < 4.78 is 4.85. The lowest BCUT2D eigenvalue weighted by molar-refractivity contribution is 0.402. The highest BCUT2D eigenvalue weighted by Crippen LogP contribution is 2.21. The fraction of sp³-hybridized carbons (Fsp3) is 0. The number of rotatable bonds is 1. The van der Waals surface area contributed by atoms with E-state index in [0.717, 1.165) is 0 Å². The molecule has 0 aliphatic rings. The van der Waals surface area contributed by atoms with Crippen LogP contribution in [-0.4, -0.2) is 15.4 Å². The first-order valence-electron chi connectivity index (χ1n) is 3.30. The minimum atomic E-state index is 0.453. The topological polar surface area (TPSA) is 51.8 Å². The molecule has 2 aromatic heterocycles. The van der Waals surface area contributed by atoms with Crippen LogP contribution in [0.1, 0.15) is 0 Å². The Bertz CT molecular complexity index is 373. The highest BCUT2D eigenvalue weighted by molar-refractivity contribution is 7.80. The van der Waals surface area contributed by atoms with E-state index in [0.29, 0.717) is 16.5 Å². The van der Waals surface area contributed by atoms with Gasteiger partial charge in [0.25, 0.3) is 0 Å². The van der Waals surface area contributed by atoms with Crippen LogP contribution in [0.3, 0.4) is 0 Å². The molecule has 0 radical (unpaired) electrons. The zero-order chi connectivity index (χ0) is 8.39. The van der Waals surface area contributed by atoms with E-state index in [2.05, 4.69) is 28.0 Å². The molecule has 0 N–H and O–H groups in total. The highest BCUT2D eigenvalue weighted by Gasteiger charge is 2.08. The normalized spacial score (nSPS) is 10.1. The van der Waals surface area contributed by atoms with Gasteiger partial charge in [-0.05, 0) is 12.1 Å². The molecule has 5 heteroatoms. The number of thiol groups is 1. The van der Waals surface area contributed by atoms with E-state index in [1.165, 1.54) is 0 Å². The molecule has 2 aromatic rings. The number of hydrogen-bond donors (Lipinski definition) is 1. The van der Waals surface area contributed by atoms with Crippen molar-refractivity contribution >= 4 is 12.6 Å². The van der Waals surface area contributed by atoms with Crippen LogP contribution in [0, 0.1) is 0 Å². The smallest absolute Gasteiger partial charge is 0.219 e. The van der Waals surface area contributed by atoms with Crippen LogP contribution >= 0.6 is 12.6 Å². The summed E-state index contributed by atoms with van der Waals surface area (Å²) in [6.07, 6.45) is 1.67. The summed E-state index contributed by atoms with van der Waals surface area (Å²) in [6.45, 7) is 0. The van der Waals surface area contributed by atoms with E-state index in [1.54, 1.807) is 6.20 Å². The predicted molar refractivity (Wildman–Crippen MR) is 44.8 cm³/mol. The third kappa shape index (κ3) is 1.18. The fourth-order valence-corrected chi connectivity index (χ4v) is 1.04. The molecule has 2 rings (SSSR count). The van der Waals surface area contributed by atoms with Crippen molar-refractivity contribution in [3.63, 3.8) is 0 Å². The lowest BCUT2D eigenvalue weighted by Gasteiger charge is -1.91. The van der Waals surface area contributed by atoms with E-state index in [1.807, 2.05) is 18.2 Å². The minimum absolute atomic E-state index is 0.453. The Balaban J connectivity index is 2.51. The average molecular weight is 179 g/mol. The van der Waals surface area contributed by atoms with Crippen molar-refractivity contribution in [1.29, 1.82) is 0 Å². The van der Waals surface area contributed by atoms with Crippen LogP contribution in [0.15, 0.2) is 33.9 Å². The maximum atomic E-state index is 4.85. The molecule has 0 bridgehead atoms. The molecule has 0 aromatic carbocycles. The van der Waals surface area contributed by atoms with Crippen molar-refractivity contribution in [2.45, 2.75) is 5.03 Å². The molecule has 60 valence electrons. The van der Waals surface area contributed by atoms with Gasteiger partial charge in [0, 0.05) is 11.5 Å². The fourth-order valence-electron chi connectivity index (χ4n) is 0.845. The molecule has 0 spiro atoms. The Labute approximate surface area is 74.0 Å². The first kappa shape index (κ1) is 7.30. The van der Waals surface area contributed by atoms with Crippen molar-refractivity contribution in [3.05, 3.63) is 24.4 Å². The molecular weight excluding hydrogens is 174 g/mol. The molecule has 0 fully saturated rings. The molecule has 0 aliphatic carbocycles. The van der Waals surface area contributed by atoms with Gasteiger partial charge in [-0.25, -0.2) is 0 Å². The van der Waals surface area contributed by atoms with Gasteiger partial charge in [-0.3, -0.25) is 4.98 Å². The third-order valence-electron chi connectivity index (χ3n) is 1.37. The van der Waals surface area contributed by atoms with Gasteiger partial charge in [0.1, 0.15) is 5.69 Å². The quantitative estimate of drug-likeness (QED) is 0.672. The van der Waals surface area contributed by atoms with Crippen molar-refractivity contribution in [2.75, 3.05) is 0 Å². The molecule has 0 atom stereocenters. The van der Waals surface area contributed by atoms with Gasteiger partial charge < -0.3 is 4.52 Å². The van der Waals surface area contributed by atoms with E-state index in [4.69, 9.17) is 4.52 Å². The zero-order valence-electron chi connectivity index (χ0n) is 6.01. The number of pyridine rings is 1. The van der Waals surface area contributed by atoms with Crippen molar-refractivity contribution < 1.29 is 4.52 Å². The average Bonchev–Trinajstić information content (AvgIpc) is 2.53. The van der Waals surface area contributed by atoms with E-state index in [9.17, 15) is 0 Å². The Morgan fingerprint density at radius 1 is 1.33 bits per heavy atom. The standard InChI is InChI=1S/C7H5N3OS/c12-7-6(11-10-9-7)5-3-1-2-4-8-5/h1-4,12H. The Hall–Kier alpha value is -1.36. The summed E-state index contributed by atoms with van der Waals surface area (Å²) in [4.78, 5) is 4.06. The number of aromatic nitrogens is 3. The Morgan fingerprint density at radius 3 is 2.83 bits per heavy atom. The molecule has 0 unspecified atom stereocenters. The molecular formula is C7H5N3OS. The maximum Gasteiger partial charge on any atom is 0.219 e. The number of hydrogen-bond acceptors (Lipinski definition) is 5. The zero-order valence-corrected chi connectivity index (χ0v) is 6.90. The summed E-state index contributed by atoms with van der Waals surface area (Å²) in [5.74, 6) is 0.499. The van der Waals surface area contributed by atoms with Gasteiger partial charge in [-0.15, -0.1) is 17.7 Å². The number of nitrogens with zero attached hydrogens (tertiary/aromatic N) is 3. The Morgan fingerprint density at radius 2 is 2.25 bits per heavy atom. The first-order chi connectivity index (χ1) is 5.88. The summed E-state index contributed by atoms with van der Waals surface area (Å²) >= 11 is 4.05. The van der Waals surface area contributed by atoms with Gasteiger partial charge in [0.05, 0.1) is 0 Å².